The second-order valence-electron chi connectivity index (χ2n) is 4.80. The van der Waals surface area contributed by atoms with Gasteiger partial charge in [-0.2, -0.15) is 0 Å². The molecule has 2 N–H and O–H groups in total. The van der Waals surface area contributed by atoms with Crippen LogP contribution in [-0.4, -0.2) is 27.6 Å². The first-order valence-electron chi connectivity index (χ1n) is 5.21. The number of nitrogens with zero attached hydrogens (tertiary/aromatic N) is 2. The van der Waals surface area contributed by atoms with Crippen LogP contribution < -0.4 is 5.32 Å². The molecule has 0 amide bonds. The second-order valence-corrected chi connectivity index (χ2v) is 4.80. The van der Waals surface area contributed by atoms with Crippen molar-refractivity contribution >= 4 is 0 Å². The molecule has 1 fully saturated rings. The van der Waals surface area contributed by atoms with Crippen LogP contribution in [0.3, 0.4) is 0 Å². The minimum Gasteiger partial charge on any atom is -0.392 e. The van der Waals surface area contributed by atoms with Crippen LogP contribution in [0.15, 0.2) is 4.63 Å². The normalized spacial score (nSPS) is 28.8. The van der Waals surface area contributed by atoms with E-state index in [2.05, 4.69) is 34.1 Å². The standard InChI is InChI=1S/C10H17N3O2/c1-6-7(13-15-12-6)5-11-8-4-9(14)10(8,2)3/h8-9,11,14H,4-5H2,1-3H3. The second kappa shape index (κ2) is 3.57. The first kappa shape index (κ1) is 10.6. The fourth-order valence-electron chi connectivity index (χ4n) is 1.88. The van der Waals surface area contributed by atoms with Gasteiger partial charge in [0, 0.05) is 18.0 Å². The molecule has 1 aliphatic rings. The lowest BCUT2D eigenvalue weighted by Crippen LogP contribution is -2.59. The Kier molecular flexibility index (Phi) is 2.52. The van der Waals surface area contributed by atoms with Gasteiger partial charge < -0.3 is 10.4 Å². The van der Waals surface area contributed by atoms with Gasteiger partial charge in [-0.15, -0.1) is 0 Å². The number of rotatable bonds is 3. The minimum atomic E-state index is -0.202. The summed E-state index contributed by atoms with van der Waals surface area (Å²) in [5.74, 6) is 0. The van der Waals surface area contributed by atoms with E-state index < -0.39 is 0 Å². The fourth-order valence-corrected chi connectivity index (χ4v) is 1.88. The molecule has 2 unspecified atom stereocenters. The van der Waals surface area contributed by atoms with Crippen molar-refractivity contribution in [2.24, 2.45) is 5.41 Å². The van der Waals surface area contributed by atoms with Gasteiger partial charge in [-0.1, -0.05) is 24.2 Å². The number of aryl methyl sites for hydroxylation is 1. The highest BCUT2D eigenvalue weighted by Crippen LogP contribution is 2.40. The maximum Gasteiger partial charge on any atom is 0.121 e. The van der Waals surface area contributed by atoms with E-state index in [4.69, 9.17) is 0 Å². The SMILES string of the molecule is Cc1nonc1CNC1CC(O)C1(C)C. The molecule has 1 aliphatic carbocycles. The van der Waals surface area contributed by atoms with E-state index in [1.54, 1.807) is 0 Å². The average molecular weight is 211 g/mol. The van der Waals surface area contributed by atoms with Gasteiger partial charge >= 0.3 is 0 Å². The monoisotopic (exact) mass is 211 g/mol. The fraction of sp³-hybridized carbons (Fsp3) is 0.800. The van der Waals surface area contributed by atoms with Crippen LogP contribution >= 0.6 is 0 Å². The van der Waals surface area contributed by atoms with E-state index in [1.807, 2.05) is 6.92 Å². The van der Waals surface area contributed by atoms with E-state index in [-0.39, 0.29) is 11.5 Å². The van der Waals surface area contributed by atoms with Gasteiger partial charge in [0.1, 0.15) is 11.4 Å². The van der Waals surface area contributed by atoms with E-state index in [0.717, 1.165) is 17.8 Å². The van der Waals surface area contributed by atoms with Gasteiger partial charge in [0.25, 0.3) is 0 Å². The lowest BCUT2D eigenvalue weighted by Gasteiger charge is -2.49. The molecule has 84 valence electrons. The summed E-state index contributed by atoms with van der Waals surface area (Å²) in [6, 6.07) is 0.337. The van der Waals surface area contributed by atoms with E-state index in [1.165, 1.54) is 0 Å². The summed E-state index contributed by atoms with van der Waals surface area (Å²) >= 11 is 0. The molecule has 15 heavy (non-hydrogen) atoms. The molecule has 1 heterocycles. The van der Waals surface area contributed by atoms with Crippen molar-refractivity contribution in [2.75, 3.05) is 0 Å². The third kappa shape index (κ3) is 1.77. The molecule has 5 heteroatoms. The van der Waals surface area contributed by atoms with Crippen molar-refractivity contribution in [3.8, 4) is 0 Å². The van der Waals surface area contributed by atoms with Crippen LogP contribution in [0.1, 0.15) is 31.7 Å². The van der Waals surface area contributed by atoms with Crippen molar-refractivity contribution in [3.63, 3.8) is 0 Å². The highest BCUT2D eigenvalue weighted by Gasteiger charge is 2.46. The van der Waals surface area contributed by atoms with Crippen LogP contribution in [0.5, 0.6) is 0 Å². The molecule has 5 nitrogen and oxygen atoms in total. The Morgan fingerprint density at radius 1 is 1.53 bits per heavy atom. The van der Waals surface area contributed by atoms with Crippen molar-refractivity contribution in [2.45, 2.75) is 45.9 Å². The highest BCUT2D eigenvalue weighted by atomic mass is 16.6. The van der Waals surface area contributed by atoms with Gasteiger partial charge in [-0.05, 0) is 13.3 Å². The zero-order chi connectivity index (χ0) is 11.1. The molecule has 0 spiro atoms. The van der Waals surface area contributed by atoms with Gasteiger partial charge in [-0.3, -0.25) is 0 Å². The number of aliphatic hydroxyl groups excluding tert-OH is 1. The molecular formula is C10H17N3O2. The largest absolute Gasteiger partial charge is 0.392 e. The average Bonchev–Trinajstić information content (AvgIpc) is 2.58. The number of hydrogen-bond acceptors (Lipinski definition) is 5. The van der Waals surface area contributed by atoms with Crippen LogP contribution in [0.25, 0.3) is 0 Å². The Balaban J connectivity index is 1.88. The first-order chi connectivity index (χ1) is 7.01. The molecule has 0 aromatic carbocycles. The first-order valence-corrected chi connectivity index (χ1v) is 5.21. The maximum atomic E-state index is 9.57. The predicted octanol–water partition coefficient (Wildman–Crippen LogP) is 0.627. The summed E-state index contributed by atoms with van der Waals surface area (Å²) in [4.78, 5) is 0. The molecular weight excluding hydrogens is 194 g/mol. The summed E-state index contributed by atoms with van der Waals surface area (Å²) in [5, 5.41) is 20.4. The molecule has 0 saturated heterocycles. The molecule has 0 bridgehead atoms. The topological polar surface area (TPSA) is 71.2 Å². The lowest BCUT2D eigenvalue weighted by molar-refractivity contribution is -0.0731. The quantitative estimate of drug-likeness (QED) is 0.767. The van der Waals surface area contributed by atoms with Crippen molar-refractivity contribution in [1.29, 1.82) is 0 Å². The molecule has 1 aromatic heterocycles. The lowest BCUT2D eigenvalue weighted by atomic mass is 9.64. The Bertz CT molecular complexity index is 348. The highest BCUT2D eigenvalue weighted by molar-refractivity contribution is 5.07. The third-order valence-corrected chi connectivity index (χ3v) is 3.48. The van der Waals surface area contributed by atoms with E-state index in [9.17, 15) is 5.11 Å². The Morgan fingerprint density at radius 3 is 2.73 bits per heavy atom. The molecule has 0 radical (unpaired) electrons. The van der Waals surface area contributed by atoms with Gasteiger partial charge in [0.2, 0.25) is 0 Å². The Hall–Kier alpha value is -0.940. The molecule has 1 saturated carbocycles. The Morgan fingerprint density at radius 2 is 2.27 bits per heavy atom. The minimum absolute atomic E-state index is 0.0505. The summed E-state index contributed by atoms with van der Waals surface area (Å²) in [6.07, 6.45) is 0.601. The molecule has 2 rings (SSSR count). The van der Waals surface area contributed by atoms with Crippen LogP contribution in [0.2, 0.25) is 0 Å². The van der Waals surface area contributed by atoms with E-state index >= 15 is 0 Å². The number of hydrogen-bond donors (Lipinski definition) is 2. The van der Waals surface area contributed by atoms with Crippen molar-refractivity contribution in [3.05, 3.63) is 11.4 Å². The molecule has 2 atom stereocenters. The summed E-state index contributed by atoms with van der Waals surface area (Å²) < 4.78 is 4.61. The summed E-state index contributed by atoms with van der Waals surface area (Å²) in [6.45, 7) is 6.64. The van der Waals surface area contributed by atoms with Crippen LogP contribution in [0.4, 0.5) is 0 Å². The predicted molar refractivity (Wildman–Crippen MR) is 54.1 cm³/mol. The third-order valence-electron chi connectivity index (χ3n) is 3.48. The zero-order valence-corrected chi connectivity index (χ0v) is 9.32. The van der Waals surface area contributed by atoms with Crippen molar-refractivity contribution in [1.82, 2.24) is 15.6 Å². The Labute approximate surface area is 88.8 Å². The number of aromatic nitrogens is 2. The smallest absolute Gasteiger partial charge is 0.121 e. The number of aliphatic hydroxyl groups is 1. The van der Waals surface area contributed by atoms with Gasteiger partial charge in [0.05, 0.1) is 6.10 Å². The maximum absolute atomic E-state index is 9.57. The summed E-state index contributed by atoms with van der Waals surface area (Å²) in [7, 11) is 0. The zero-order valence-electron chi connectivity index (χ0n) is 9.32. The van der Waals surface area contributed by atoms with Gasteiger partial charge in [0.15, 0.2) is 0 Å². The molecule has 0 aliphatic heterocycles. The van der Waals surface area contributed by atoms with Gasteiger partial charge in [-0.25, -0.2) is 4.63 Å². The van der Waals surface area contributed by atoms with Crippen LogP contribution in [0, 0.1) is 12.3 Å². The summed E-state index contributed by atoms with van der Waals surface area (Å²) in [5.41, 5.74) is 1.61. The van der Waals surface area contributed by atoms with Crippen molar-refractivity contribution < 1.29 is 9.74 Å². The van der Waals surface area contributed by atoms with E-state index in [0.29, 0.717) is 12.6 Å². The van der Waals surface area contributed by atoms with Crippen LogP contribution in [-0.2, 0) is 6.54 Å². The number of nitrogens with one attached hydrogen (secondary N) is 1. The molecule has 1 aromatic rings.